The Hall–Kier alpha value is -1.59. The number of nitrogen functional groups attached to an aromatic ring is 1. The fourth-order valence-corrected chi connectivity index (χ4v) is 4.68. The van der Waals surface area contributed by atoms with E-state index in [0.717, 1.165) is 19.3 Å². The van der Waals surface area contributed by atoms with Gasteiger partial charge in [-0.3, -0.25) is 4.55 Å². The van der Waals surface area contributed by atoms with Crippen LogP contribution < -0.4 is 5.73 Å². The summed E-state index contributed by atoms with van der Waals surface area (Å²) in [7, 11) is -4.29. The average molecular weight is 392 g/mol. The van der Waals surface area contributed by atoms with Gasteiger partial charge >= 0.3 is 0 Å². The first-order valence-corrected chi connectivity index (χ1v) is 11.7. The van der Waals surface area contributed by atoms with Gasteiger partial charge in [0.2, 0.25) is 0 Å². The van der Waals surface area contributed by atoms with Crippen LogP contribution >= 0.6 is 0 Å². The molecule has 0 spiro atoms. The molecule has 0 atom stereocenters. The van der Waals surface area contributed by atoms with Crippen LogP contribution in [0.25, 0.3) is 10.8 Å². The summed E-state index contributed by atoms with van der Waals surface area (Å²) in [5.41, 5.74) is 7.29. The van der Waals surface area contributed by atoms with Gasteiger partial charge in [-0.1, -0.05) is 89.0 Å². The van der Waals surface area contributed by atoms with E-state index in [-0.39, 0.29) is 4.90 Å². The second kappa shape index (κ2) is 10.7. The summed E-state index contributed by atoms with van der Waals surface area (Å²) in [6, 6.07) is 8.77. The number of hydrogen-bond acceptors (Lipinski definition) is 3. The monoisotopic (exact) mass is 391 g/mol. The fourth-order valence-electron chi connectivity index (χ4n) is 3.73. The second-order valence-corrected chi connectivity index (χ2v) is 8.77. The maximum atomic E-state index is 12.0. The molecule has 4 nitrogen and oxygen atoms in total. The van der Waals surface area contributed by atoms with Gasteiger partial charge in [-0.15, -0.1) is 0 Å². The number of unbranched alkanes of at least 4 members (excludes halogenated alkanes) is 9. The van der Waals surface area contributed by atoms with Crippen LogP contribution in [0.2, 0.25) is 0 Å². The Labute approximate surface area is 163 Å². The van der Waals surface area contributed by atoms with Crippen LogP contribution in [0.5, 0.6) is 0 Å². The third kappa shape index (κ3) is 6.51. The highest BCUT2D eigenvalue weighted by molar-refractivity contribution is 7.86. The molecule has 0 unspecified atom stereocenters. The zero-order valence-electron chi connectivity index (χ0n) is 16.4. The van der Waals surface area contributed by atoms with Crippen molar-refractivity contribution < 1.29 is 13.0 Å². The highest BCUT2D eigenvalue weighted by atomic mass is 32.2. The summed E-state index contributed by atoms with van der Waals surface area (Å²) in [4.78, 5) is 0.0169. The summed E-state index contributed by atoms with van der Waals surface area (Å²) < 4.78 is 33.7. The Balaban J connectivity index is 1.91. The standard InChI is InChI=1S/C22H33NO3S/c1-2-3-4-5-6-7-8-9-10-11-14-18-17-21(23)19-15-12-13-16-20(19)22(18)27(24,25)26/h12-13,15-17H,2-11,14,23H2,1H3,(H,24,25,26). The molecule has 0 aliphatic heterocycles. The van der Waals surface area contributed by atoms with Gasteiger partial charge in [-0.25, -0.2) is 0 Å². The molecule has 0 fully saturated rings. The third-order valence-electron chi connectivity index (χ3n) is 5.16. The van der Waals surface area contributed by atoms with Crippen LogP contribution in [0.15, 0.2) is 35.2 Å². The van der Waals surface area contributed by atoms with E-state index in [4.69, 9.17) is 5.73 Å². The molecule has 150 valence electrons. The van der Waals surface area contributed by atoms with Gasteiger partial charge in [0.15, 0.2) is 0 Å². The van der Waals surface area contributed by atoms with Crippen LogP contribution in [0.4, 0.5) is 5.69 Å². The topological polar surface area (TPSA) is 80.4 Å². The lowest BCUT2D eigenvalue weighted by atomic mass is 10.00. The Morgan fingerprint density at radius 3 is 1.93 bits per heavy atom. The van der Waals surface area contributed by atoms with E-state index in [9.17, 15) is 13.0 Å². The van der Waals surface area contributed by atoms with Gasteiger partial charge in [-0.2, -0.15) is 8.42 Å². The van der Waals surface area contributed by atoms with Gasteiger partial charge in [0, 0.05) is 16.5 Å². The Morgan fingerprint density at radius 2 is 1.37 bits per heavy atom. The number of anilines is 1. The molecule has 0 aliphatic rings. The molecule has 2 aromatic carbocycles. The zero-order valence-corrected chi connectivity index (χ0v) is 17.2. The molecule has 5 heteroatoms. The summed E-state index contributed by atoms with van der Waals surface area (Å²) in [5.74, 6) is 0. The van der Waals surface area contributed by atoms with Crippen molar-refractivity contribution in [1.82, 2.24) is 0 Å². The Bertz CT molecular complexity index is 831. The van der Waals surface area contributed by atoms with Gasteiger partial charge in [0.1, 0.15) is 4.90 Å². The molecular formula is C22H33NO3S. The summed E-state index contributed by atoms with van der Waals surface area (Å²) in [5, 5.41) is 1.17. The lowest BCUT2D eigenvalue weighted by Gasteiger charge is -2.13. The predicted octanol–water partition coefficient (Wildman–Crippen LogP) is 6.13. The van der Waals surface area contributed by atoms with Crippen molar-refractivity contribution in [2.24, 2.45) is 0 Å². The first-order chi connectivity index (χ1) is 12.9. The number of hydrogen-bond donors (Lipinski definition) is 2. The van der Waals surface area contributed by atoms with Gasteiger partial charge in [0.25, 0.3) is 10.1 Å². The third-order valence-corrected chi connectivity index (χ3v) is 6.16. The van der Waals surface area contributed by atoms with Crippen molar-refractivity contribution in [3.05, 3.63) is 35.9 Å². The minimum atomic E-state index is -4.29. The van der Waals surface area contributed by atoms with Crippen LogP contribution in [-0.2, 0) is 16.5 Å². The molecular weight excluding hydrogens is 358 g/mol. The van der Waals surface area contributed by atoms with Crippen LogP contribution in [0.3, 0.4) is 0 Å². The number of nitrogens with two attached hydrogens (primary N) is 1. The van der Waals surface area contributed by atoms with Crippen molar-refractivity contribution in [1.29, 1.82) is 0 Å². The molecule has 0 aromatic heterocycles. The molecule has 2 rings (SSSR count). The molecule has 27 heavy (non-hydrogen) atoms. The van der Waals surface area contributed by atoms with Gasteiger partial charge in [0.05, 0.1) is 0 Å². The maximum absolute atomic E-state index is 12.0. The number of aryl methyl sites for hydroxylation is 1. The first kappa shape index (κ1) is 21.7. The molecule has 0 aliphatic carbocycles. The quantitative estimate of drug-likeness (QED) is 0.259. The normalized spacial score (nSPS) is 11.9. The lowest BCUT2D eigenvalue weighted by molar-refractivity contribution is 0.482. The van der Waals surface area contributed by atoms with Crippen LogP contribution in [0.1, 0.15) is 76.7 Å². The fraction of sp³-hybridized carbons (Fsp3) is 0.545. The minimum absolute atomic E-state index is 0.0169. The lowest BCUT2D eigenvalue weighted by Crippen LogP contribution is -2.06. The number of rotatable bonds is 12. The van der Waals surface area contributed by atoms with E-state index in [1.165, 1.54) is 44.9 Å². The van der Waals surface area contributed by atoms with Gasteiger partial charge in [-0.05, 0) is 24.5 Å². The zero-order chi connectivity index (χ0) is 19.7. The Morgan fingerprint density at radius 1 is 0.852 bits per heavy atom. The predicted molar refractivity (Wildman–Crippen MR) is 114 cm³/mol. The highest BCUT2D eigenvalue weighted by Crippen LogP contribution is 2.32. The molecule has 2 aromatic rings. The van der Waals surface area contributed by atoms with Crippen molar-refractivity contribution in [3.63, 3.8) is 0 Å². The van der Waals surface area contributed by atoms with E-state index >= 15 is 0 Å². The van der Waals surface area contributed by atoms with E-state index in [0.29, 0.717) is 28.4 Å². The van der Waals surface area contributed by atoms with E-state index in [1.807, 2.05) is 6.07 Å². The highest BCUT2D eigenvalue weighted by Gasteiger charge is 2.20. The van der Waals surface area contributed by atoms with Crippen LogP contribution in [0, 0.1) is 0 Å². The summed E-state index contributed by atoms with van der Waals surface area (Å²) >= 11 is 0. The average Bonchev–Trinajstić information content (AvgIpc) is 2.62. The van der Waals surface area contributed by atoms with E-state index in [1.54, 1.807) is 24.3 Å². The molecule has 0 saturated heterocycles. The van der Waals surface area contributed by atoms with Crippen molar-refractivity contribution in [3.8, 4) is 0 Å². The second-order valence-electron chi connectivity index (χ2n) is 7.41. The van der Waals surface area contributed by atoms with E-state index in [2.05, 4.69) is 6.92 Å². The summed E-state index contributed by atoms with van der Waals surface area (Å²) in [6.07, 6.45) is 12.9. The van der Waals surface area contributed by atoms with Gasteiger partial charge < -0.3 is 5.73 Å². The molecule has 3 N–H and O–H groups in total. The van der Waals surface area contributed by atoms with Crippen molar-refractivity contribution in [2.45, 2.75) is 82.4 Å². The number of benzene rings is 2. The maximum Gasteiger partial charge on any atom is 0.295 e. The molecule has 0 saturated carbocycles. The first-order valence-electron chi connectivity index (χ1n) is 10.2. The SMILES string of the molecule is CCCCCCCCCCCCc1cc(N)c2ccccc2c1S(=O)(=O)O. The number of fused-ring (bicyclic) bond motifs is 1. The van der Waals surface area contributed by atoms with Crippen molar-refractivity contribution >= 4 is 26.6 Å². The van der Waals surface area contributed by atoms with E-state index < -0.39 is 10.1 Å². The summed E-state index contributed by atoms with van der Waals surface area (Å²) in [6.45, 7) is 2.23. The smallest absolute Gasteiger partial charge is 0.295 e. The molecule has 0 amide bonds. The van der Waals surface area contributed by atoms with Crippen molar-refractivity contribution in [2.75, 3.05) is 5.73 Å². The van der Waals surface area contributed by atoms with Crippen LogP contribution in [-0.4, -0.2) is 13.0 Å². The minimum Gasteiger partial charge on any atom is -0.398 e. The molecule has 0 radical (unpaired) electrons. The molecule has 0 heterocycles. The Kier molecular flexibility index (Phi) is 8.58. The largest absolute Gasteiger partial charge is 0.398 e. The molecule has 0 bridgehead atoms.